The molecule has 0 aromatic heterocycles. The summed E-state index contributed by atoms with van der Waals surface area (Å²) in [5.41, 5.74) is 1.09. The smallest absolute Gasteiger partial charge is 0.321 e. The number of benzene rings is 1. The molecule has 0 saturated heterocycles. The van der Waals surface area contributed by atoms with E-state index in [1.807, 2.05) is 24.3 Å². The summed E-state index contributed by atoms with van der Waals surface area (Å²) >= 11 is 7.26. The Labute approximate surface area is 122 Å². The third-order valence-corrected chi connectivity index (χ3v) is 3.82. The van der Waals surface area contributed by atoms with Crippen molar-refractivity contribution in [2.24, 2.45) is 0 Å². The van der Waals surface area contributed by atoms with E-state index in [4.69, 9.17) is 11.6 Å². The second-order valence-corrected chi connectivity index (χ2v) is 5.69. The molecule has 0 heterocycles. The van der Waals surface area contributed by atoms with Crippen LogP contribution in [-0.2, 0) is 10.5 Å². The molecular weight excluding hydrogens is 284 g/mol. The number of halogens is 1. The minimum Gasteiger partial charge on any atom is -0.338 e. The van der Waals surface area contributed by atoms with Crippen LogP contribution in [0.4, 0.5) is 4.79 Å². The monoisotopic (exact) mass is 300 g/mol. The van der Waals surface area contributed by atoms with E-state index in [9.17, 15) is 9.59 Å². The molecule has 0 aliphatic heterocycles. The molecule has 0 saturated carbocycles. The van der Waals surface area contributed by atoms with E-state index in [2.05, 4.69) is 10.6 Å². The van der Waals surface area contributed by atoms with Crippen molar-refractivity contribution in [1.29, 1.82) is 0 Å². The van der Waals surface area contributed by atoms with E-state index < -0.39 is 6.03 Å². The van der Waals surface area contributed by atoms with Crippen molar-refractivity contribution in [3.05, 3.63) is 34.9 Å². The van der Waals surface area contributed by atoms with Crippen molar-refractivity contribution in [1.82, 2.24) is 10.6 Å². The Morgan fingerprint density at radius 1 is 1.32 bits per heavy atom. The highest BCUT2D eigenvalue weighted by Crippen LogP contribution is 2.19. The average Bonchev–Trinajstić information content (AvgIpc) is 2.37. The first kappa shape index (κ1) is 15.9. The Morgan fingerprint density at radius 2 is 1.95 bits per heavy atom. The second-order valence-electron chi connectivity index (χ2n) is 3.93. The second kappa shape index (κ2) is 8.07. The van der Waals surface area contributed by atoms with Gasteiger partial charge in [0.05, 0.1) is 5.25 Å². The lowest BCUT2D eigenvalue weighted by atomic mass is 10.2. The fraction of sp³-hybridized carbons (Fsp3) is 0.385. The van der Waals surface area contributed by atoms with Crippen molar-refractivity contribution in [3.8, 4) is 0 Å². The van der Waals surface area contributed by atoms with Crippen LogP contribution in [0.2, 0.25) is 5.02 Å². The van der Waals surface area contributed by atoms with Crippen LogP contribution in [0.15, 0.2) is 24.3 Å². The summed E-state index contributed by atoms with van der Waals surface area (Å²) in [5, 5.41) is 5.21. The predicted molar refractivity (Wildman–Crippen MR) is 79.4 cm³/mol. The summed E-state index contributed by atoms with van der Waals surface area (Å²) < 4.78 is 0. The largest absolute Gasteiger partial charge is 0.338 e. The van der Waals surface area contributed by atoms with Crippen molar-refractivity contribution in [3.63, 3.8) is 0 Å². The summed E-state index contributed by atoms with van der Waals surface area (Å²) in [4.78, 5) is 22.9. The summed E-state index contributed by atoms with van der Waals surface area (Å²) in [6.07, 6.45) is 0. The number of thioether (sulfide) groups is 1. The molecule has 3 amide bonds. The molecule has 1 aromatic rings. The van der Waals surface area contributed by atoms with Crippen LogP contribution >= 0.6 is 23.4 Å². The van der Waals surface area contributed by atoms with Crippen LogP contribution in [0.5, 0.6) is 0 Å². The van der Waals surface area contributed by atoms with Gasteiger partial charge in [-0.15, -0.1) is 11.8 Å². The van der Waals surface area contributed by atoms with E-state index in [-0.39, 0.29) is 11.2 Å². The standard InChI is InChI=1S/C13H17ClN2O2S/c1-3-15-13(18)16-12(17)9(2)19-8-10-4-6-11(14)7-5-10/h4-7,9H,3,8H2,1-2H3,(H2,15,16,17,18)/t9-/m0/s1. The Morgan fingerprint density at radius 3 is 2.53 bits per heavy atom. The lowest BCUT2D eigenvalue weighted by Crippen LogP contribution is -2.42. The van der Waals surface area contributed by atoms with E-state index >= 15 is 0 Å². The number of rotatable bonds is 5. The van der Waals surface area contributed by atoms with Gasteiger partial charge in [0.2, 0.25) is 5.91 Å². The van der Waals surface area contributed by atoms with Gasteiger partial charge in [-0.05, 0) is 31.5 Å². The van der Waals surface area contributed by atoms with E-state index in [1.54, 1.807) is 13.8 Å². The van der Waals surface area contributed by atoms with Crippen molar-refractivity contribution < 1.29 is 9.59 Å². The summed E-state index contributed by atoms with van der Waals surface area (Å²) in [7, 11) is 0. The molecule has 0 fully saturated rings. The first-order valence-corrected chi connectivity index (χ1v) is 7.40. The zero-order chi connectivity index (χ0) is 14.3. The van der Waals surface area contributed by atoms with Gasteiger partial charge in [-0.2, -0.15) is 0 Å². The zero-order valence-corrected chi connectivity index (χ0v) is 12.5. The average molecular weight is 301 g/mol. The Balaban J connectivity index is 2.38. The van der Waals surface area contributed by atoms with Gasteiger partial charge in [0.1, 0.15) is 0 Å². The molecule has 0 unspecified atom stereocenters. The van der Waals surface area contributed by atoms with E-state index in [1.165, 1.54) is 11.8 Å². The number of carbonyl (C=O) groups excluding carboxylic acids is 2. The molecule has 1 rings (SSSR count). The molecule has 1 atom stereocenters. The van der Waals surface area contributed by atoms with Gasteiger partial charge in [0.25, 0.3) is 0 Å². The maximum atomic E-state index is 11.7. The third-order valence-electron chi connectivity index (χ3n) is 2.36. The molecular formula is C13H17ClN2O2S. The Bertz CT molecular complexity index is 437. The number of carbonyl (C=O) groups is 2. The van der Waals surface area contributed by atoms with Crippen LogP contribution in [0.1, 0.15) is 19.4 Å². The normalized spacial score (nSPS) is 11.7. The SMILES string of the molecule is CCNC(=O)NC(=O)[C@H](C)SCc1ccc(Cl)cc1. The summed E-state index contributed by atoms with van der Waals surface area (Å²) in [6, 6.07) is 7.02. The highest BCUT2D eigenvalue weighted by Gasteiger charge is 2.15. The van der Waals surface area contributed by atoms with Gasteiger partial charge >= 0.3 is 6.03 Å². The highest BCUT2D eigenvalue weighted by molar-refractivity contribution is 7.99. The molecule has 19 heavy (non-hydrogen) atoms. The van der Waals surface area contributed by atoms with Crippen molar-refractivity contribution in [2.75, 3.05) is 6.54 Å². The van der Waals surface area contributed by atoms with Crippen LogP contribution < -0.4 is 10.6 Å². The number of hydrogen-bond donors (Lipinski definition) is 2. The molecule has 0 radical (unpaired) electrons. The van der Waals surface area contributed by atoms with Gasteiger partial charge in [-0.1, -0.05) is 23.7 Å². The van der Waals surface area contributed by atoms with Gasteiger partial charge in [-0.25, -0.2) is 4.79 Å². The maximum Gasteiger partial charge on any atom is 0.321 e. The molecule has 0 bridgehead atoms. The number of hydrogen-bond acceptors (Lipinski definition) is 3. The Kier molecular flexibility index (Phi) is 6.73. The Hall–Kier alpha value is -1.20. The summed E-state index contributed by atoms with van der Waals surface area (Å²) in [5.74, 6) is 0.408. The summed E-state index contributed by atoms with van der Waals surface area (Å²) in [6.45, 7) is 4.06. The first-order valence-electron chi connectivity index (χ1n) is 5.97. The van der Waals surface area contributed by atoms with Gasteiger partial charge in [0, 0.05) is 17.3 Å². The van der Waals surface area contributed by atoms with Gasteiger partial charge < -0.3 is 5.32 Å². The molecule has 1 aromatic carbocycles. The van der Waals surface area contributed by atoms with Crippen molar-refractivity contribution in [2.45, 2.75) is 24.9 Å². The molecule has 2 N–H and O–H groups in total. The minimum atomic E-state index is -0.452. The molecule has 104 valence electrons. The molecule has 6 heteroatoms. The third kappa shape index (κ3) is 5.98. The van der Waals surface area contributed by atoms with Crippen LogP contribution in [0.3, 0.4) is 0 Å². The number of nitrogens with one attached hydrogen (secondary N) is 2. The van der Waals surface area contributed by atoms with Gasteiger partial charge in [-0.3, -0.25) is 10.1 Å². The quantitative estimate of drug-likeness (QED) is 0.879. The predicted octanol–water partition coefficient (Wildman–Crippen LogP) is 2.81. The molecule has 0 aliphatic rings. The van der Waals surface area contributed by atoms with E-state index in [0.29, 0.717) is 17.3 Å². The number of imide groups is 1. The molecule has 0 spiro atoms. The maximum absolute atomic E-state index is 11.7. The topological polar surface area (TPSA) is 58.2 Å². The molecule has 0 aliphatic carbocycles. The fourth-order valence-electron chi connectivity index (χ4n) is 1.30. The fourth-order valence-corrected chi connectivity index (χ4v) is 2.27. The highest BCUT2D eigenvalue weighted by atomic mass is 35.5. The van der Waals surface area contributed by atoms with Crippen LogP contribution in [0, 0.1) is 0 Å². The van der Waals surface area contributed by atoms with Gasteiger partial charge in [0.15, 0.2) is 0 Å². The van der Waals surface area contributed by atoms with Crippen LogP contribution in [-0.4, -0.2) is 23.7 Å². The lowest BCUT2D eigenvalue weighted by molar-refractivity contribution is -0.119. The first-order chi connectivity index (χ1) is 9.02. The van der Waals surface area contributed by atoms with Crippen molar-refractivity contribution >= 4 is 35.3 Å². The van der Waals surface area contributed by atoms with E-state index in [0.717, 1.165) is 5.56 Å². The zero-order valence-electron chi connectivity index (χ0n) is 10.9. The minimum absolute atomic E-state index is 0.287. The number of amides is 3. The van der Waals surface area contributed by atoms with Crippen LogP contribution in [0.25, 0.3) is 0 Å². The molecule has 4 nitrogen and oxygen atoms in total. The lowest BCUT2D eigenvalue weighted by Gasteiger charge is -2.11. The number of urea groups is 1.